The fourth-order valence-corrected chi connectivity index (χ4v) is 3.20. The van der Waals surface area contributed by atoms with Gasteiger partial charge < -0.3 is 10.6 Å². The number of nitrogens with one attached hydrogen (secondary N) is 2. The average molecular weight is 388 g/mol. The maximum Gasteiger partial charge on any atom is 0.251 e. The molecule has 0 bridgehead atoms. The Hall–Kier alpha value is -2.67. The molecule has 2 rings (SSSR count). The molecule has 0 heterocycles. The van der Waals surface area contributed by atoms with Crippen molar-refractivity contribution in [1.29, 1.82) is 0 Å². The number of carbonyl (C=O) groups is 2. The third-order valence-corrected chi connectivity index (χ3v) is 4.97. The first-order valence-corrected chi connectivity index (χ1v) is 10.7. The molecule has 0 spiro atoms. The Morgan fingerprint density at radius 1 is 1.04 bits per heavy atom. The predicted octanol–water partition coefficient (Wildman–Crippen LogP) is 1.84. The van der Waals surface area contributed by atoms with Crippen molar-refractivity contribution < 1.29 is 18.0 Å². The maximum atomic E-state index is 12.5. The first-order valence-electron chi connectivity index (χ1n) is 8.61. The van der Waals surface area contributed by atoms with Crippen molar-refractivity contribution >= 4 is 21.7 Å². The number of hydrogen-bond acceptors (Lipinski definition) is 4. The fraction of sp³-hybridized carbons (Fsp3) is 0.300. The lowest BCUT2D eigenvalue weighted by Gasteiger charge is -2.18. The summed E-state index contributed by atoms with van der Waals surface area (Å²) in [5.41, 5.74) is 2.26. The van der Waals surface area contributed by atoms with E-state index >= 15 is 0 Å². The number of benzene rings is 2. The summed E-state index contributed by atoms with van der Waals surface area (Å²) in [6.45, 7) is 2.17. The highest BCUT2D eigenvalue weighted by molar-refractivity contribution is 7.90. The molecule has 0 unspecified atom stereocenters. The Labute approximate surface area is 159 Å². The number of hydrogen-bond donors (Lipinski definition) is 2. The molecule has 0 saturated carbocycles. The van der Waals surface area contributed by atoms with E-state index in [9.17, 15) is 18.0 Å². The molecule has 0 aliphatic rings. The summed E-state index contributed by atoms with van der Waals surface area (Å²) >= 11 is 0. The summed E-state index contributed by atoms with van der Waals surface area (Å²) < 4.78 is 23.0. The van der Waals surface area contributed by atoms with E-state index < -0.39 is 27.7 Å². The van der Waals surface area contributed by atoms with Crippen LogP contribution in [0, 0.1) is 6.92 Å². The first-order chi connectivity index (χ1) is 12.7. The topological polar surface area (TPSA) is 92.3 Å². The van der Waals surface area contributed by atoms with E-state index in [4.69, 9.17) is 0 Å². The van der Waals surface area contributed by atoms with Crippen LogP contribution in [0.3, 0.4) is 0 Å². The van der Waals surface area contributed by atoms with Crippen molar-refractivity contribution in [3.05, 3.63) is 71.3 Å². The third-order valence-electron chi connectivity index (χ3n) is 3.99. The number of carbonyl (C=O) groups excluding carboxylic acids is 2. The normalized spacial score (nSPS) is 12.2. The van der Waals surface area contributed by atoms with Crippen LogP contribution in [0.15, 0.2) is 54.6 Å². The van der Waals surface area contributed by atoms with Crippen LogP contribution in [-0.2, 0) is 21.2 Å². The molecule has 0 aliphatic heterocycles. The predicted molar refractivity (Wildman–Crippen MR) is 105 cm³/mol. The lowest BCUT2D eigenvalue weighted by atomic mass is 10.1. The van der Waals surface area contributed by atoms with E-state index in [2.05, 4.69) is 10.6 Å². The summed E-state index contributed by atoms with van der Waals surface area (Å²) in [6, 6.07) is 15.4. The van der Waals surface area contributed by atoms with Gasteiger partial charge in [-0.15, -0.1) is 0 Å². The molecule has 6 nitrogen and oxygen atoms in total. The zero-order chi connectivity index (χ0) is 19.9. The standard InChI is InChI=1S/C20H24N2O4S/c1-15-7-6-10-17(13-15)19(23)22-18(11-12-27(2,25)26)20(24)21-14-16-8-4-3-5-9-16/h3-10,13,18H,11-12,14H2,1-2H3,(H,21,24)(H,22,23)/t18-/m1/s1. The second-order valence-electron chi connectivity index (χ2n) is 6.52. The molecular formula is C20H24N2O4S. The molecule has 0 radical (unpaired) electrons. The molecule has 1 atom stereocenters. The molecule has 2 amide bonds. The van der Waals surface area contributed by atoms with E-state index in [0.717, 1.165) is 17.4 Å². The number of amides is 2. The lowest BCUT2D eigenvalue weighted by Crippen LogP contribution is -2.47. The summed E-state index contributed by atoms with van der Waals surface area (Å²) in [5.74, 6) is -1.01. The average Bonchev–Trinajstić information content (AvgIpc) is 2.63. The molecule has 2 aromatic carbocycles. The zero-order valence-corrected chi connectivity index (χ0v) is 16.3. The van der Waals surface area contributed by atoms with Crippen LogP contribution in [0.1, 0.15) is 27.9 Å². The SMILES string of the molecule is Cc1cccc(C(=O)N[C@H](CCS(C)(=O)=O)C(=O)NCc2ccccc2)c1. The van der Waals surface area contributed by atoms with Gasteiger partial charge in [-0.25, -0.2) is 8.42 Å². The van der Waals surface area contributed by atoms with Crippen LogP contribution in [0.2, 0.25) is 0 Å². The fourth-order valence-electron chi connectivity index (χ4n) is 2.54. The third kappa shape index (κ3) is 7.22. The molecule has 7 heteroatoms. The van der Waals surface area contributed by atoms with Gasteiger partial charge in [0.05, 0.1) is 5.75 Å². The highest BCUT2D eigenvalue weighted by atomic mass is 32.2. The van der Waals surface area contributed by atoms with Crippen LogP contribution < -0.4 is 10.6 Å². The van der Waals surface area contributed by atoms with Crippen molar-refractivity contribution in [3.8, 4) is 0 Å². The van der Waals surface area contributed by atoms with E-state index in [1.165, 1.54) is 0 Å². The van der Waals surface area contributed by atoms with Gasteiger partial charge in [0.25, 0.3) is 5.91 Å². The minimum atomic E-state index is -3.26. The summed E-state index contributed by atoms with van der Waals surface area (Å²) in [5, 5.41) is 5.41. The number of sulfone groups is 1. The second-order valence-corrected chi connectivity index (χ2v) is 8.78. The molecule has 27 heavy (non-hydrogen) atoms. The highest BCUT2D eigenvalue weighted by Gasteiger charge is 2.23. The first kappa shape index (κ1) is 20.6. The molecular weight excluding hydrogens is 364 g/mol. The molecule has 0 saturated heterocycles. The van der Waals surface area contributed by atoms with E-state index in [-0.39, 0.29) is 12.2 Å². The molecule has 0 fully saturated rings. The van der Waals surface area contributed by atoms with Gasteiger partial charge in [-0.1, -0.05) is 48.0 Å². The van der Waals surface area contributed by atoms with Crippen molar-refractivity contribution in [2.75, 3.05) is 12.0 Å². The van der Waals surface area contributed by atoms with Gasteiger partial charge >= 0.3 is 0 Å². The van der Waals surface area contributed by atoms with Gasteiger partial charge in [0, 0.05) is 18.4 Å². The molecule has 0 aromatic heterocycles. The van der Waals surface area contributed by atoms with Gasteiger partial charge in [0.15, 0.2) is 0 Å². The van der Waals surface area contributed by atoms with Crippen molar-refractivity contribution in [3.63, 3.8) is 0 Å². The summed E-state index contributed by atoms with van der Waals surface area (Å²) in [4.78, 5) is 25.0. The Balaban J connectivity index is 2.07. The number of rotatable bonds is 8. The second kappa shape index (κ2) is 9.32. The van der Waals surface area contributed by atoms with Gasteiger partial charge in [-0.2, -0.15) is 0 Å². The molecule has 144 valence electrons. The van der Waals surface area contributed by atoms with Crippen LogP contribution in [-0.4, -0.2) is 38.3 Å². The van der Waals surface area contributed by atoms with Crippen molar-refractivity contribution in [2.45, 2.75) is 25.9 Å². The summed E-state index contributed by atoms with van der Waals surface area (Å²) in [6.07, 6.45) is 1.12. The Morgan fingerprint density at radius 2 is 1.74 bits per heavy atom. The van der Waals surface area contributed by atoms with Crippen LogP contribution in [0.4, 0.5) is 0 Å². The van der Waals surface area contributed by atoms with Gasteiger partial charge in [0.1, 0.15) is 15.9 Å². The van der Waals surface area contributed by atoms with Crippen LogP contribution in [0.25, 0.3) is 0 Å². The monoisotopic (exact) mass is 388 g/mol. The van der Waals surface area contributed by atoms with Crippen LogP contribution in [0.5, 0.6) is 0 Å². The zero-order valence-electron chi connectivity index (χ0n) is 15.4. The minimum Gasteiger partial charge on any atom is -0.350 e. The van der Waals surface area contributed by atoms with E-state index in [1.807, 2.05) is 43.3 Å². The summed E-state index contributed by atoms with van der Waals surface area (Å²) in [7, 11) is -3.26. The van der Waals surface area contributed by atoms with Gasteiger partial charge in [-0.3, -0.25) is 9.59 Å². The van der Waals surface area contributed by atoms with Gasteiger partial charge in [0.2, 0.25) is 5.91 Å². The quantitative estimate of drug-likeness (QED) is 0.722. The van der Waals surface area contributed by atoms with Crippen molar-refractivity contribution in [1.82, 2.24) is 10.6 Å². The lowest BCUT2D eigenvalue weighted by molar-refractivity contribution is -0.123. The molecule has 2 aromatic rings. The maximum absolute atomic E-state index is 12.5. The Morgan fingerprint density at radius 3 is 2.37 bits per heavy atom. The van der Waals surface area contributed by atoms with Crippen molar-refractivity contribution in [2.24, 2.45) is 0 Å². The Bertz CT molecular complexity index is 895. The van der Waals surface area contributed by atoms with Gasteiger partial charge in [-0.05, 0) is 31.0 Å². The molecule has 0 aliphatic carbocycles. The number of aryl methyl sites for hydroxylation is 1. The Kier molecular flexibility index (Phi) is 7.12. The largest absolute Gasteiger partial charge is 0.350 e. The molecule has 2 N–H and O–H groups in total. The van der Waals surface area contributed by atoms with Crippen LogP contribution >= 0.6 is 0 Å². The highest BCUT2D eigenvalue weighted by Crippen LogP contribution is 2.06. The minimum absolute atomic E-state index is 0.0109. The van der Waals surface area contributed by atoms with E-state index in [0.29, 0.717) is 12.1 Å². The smallest absolute Gasteiger partial charge is 0.251 e. The van der Waals surface area contributed by atoms with E-state index in [1.54, 1.807) is 18.2 Å².